The predicted molar refractivity (Wildman–Crippen MR) is 106 cm³/mol. The summed E-state index contributed by atoms with van der Waals surface area (Å²) in [6, 6.07) is 12.5. The second-order valence-corrected chi connectivity index (χ2v) is 6.86. The van der Waals surface area contributed by atoms with E-state index in [1.54, 1.807) is 36.4 Å². The molecule has 1 heterocycles. The molecular weight excluding hydrogens is 437 g/mol. The van der Waals surface area contributed by atoms with Gasteiger partial charge in [0.1, 0.15) is 5.82 Å². The van der Waals surface area contributed by atoms with E-state index < -0.39 is 24.8 Å². The van der Waals surface area contributed by atoms with Crippen molar-refractivity contribution in [3.8, 4) is 6.01 Å². The average Bonchev–Trinajstić information content (AvgIpc) is 2.72. The monoisotopic (exact) mass is 452 g/mol. The first-order valence-electron chi connectivity index (χ1n) is 8.93. The van der Waals surface area contributed by atoms with Crippen molar-refractivity contribution in [3.63, 3.8) is 0 Å². The zero-order valence-electron chi connectivity index (χ0n) is 15.9. The van der Waals surface area contributed by atoms with E-state index in [1.165, 1.54) is 12.1 Å². The molecule has 0 bridgehead atoms. The Bertz CT molecular complexity index is 1050. The summed E-state index contributed by atoms with van der Waals surface area (Å²) in [5.41, 5.74) is 1.63. The number of rotatable bonds is 8. The Labute approximate surface area is 179 Å². The molecule has 1 aromatic heterocycles. The van der Waals surface area contributed by atoms with Crippen LogP contribution in [0, 0.1) is 0 Å². The molecule has 0 aliphatic heterocycles. The molecule has 3 rings (SSSR count). The number of ether oxygens (including phenoxy) is 1. The van der Waals surface area contributed by atoms with Gasteiger partial charge in [-0.15, -0.1) is 0 Å². The van der Waals surface area contributed by atoms with Crippen LogP contribution in [0.2, 0.25) is 5.02 Å². The number of aromatic carboxylic acids is 1. The van der Waals surface area contributed by atoms with Crippen molar-refractivity contribution in [1.29, 1.82) is 0 Å². The number of carbonyl (C=O) groups is 1. The molecule has 0 aliphatic rings. The topological polar surface area (TPSA) is 97.2 Å². The van der Waals surface area contributed by atoms with E-state index in [2.05, 4.69) is 25.0 Å². The van der Waals surface area contributed by atoms with Crippen molar-refractivity contribution in [2.24, 2.45) is 0 Å². The Hall–Kier alpha value is -3.40. The highest BCUT2D eigenvalue weighted by molar-refractivity contribution is 6.30. The molecule has 7 nitrogen and oxygen atoms in total. The van der Waals surface area contributed by atoms with E-state index in [4.69, 9.17) is 16.7 Å². The fourth-order valence-electron chi connectivity index (χ4n) is 2.50. The van der Waals surface area contributed by atoms with Crippen molar-refractivity contribution in [2.75, 3.05) is 11.9 Å². The number of alkyl halides is 3. The second-order valence-electron chi connectivity index (χ2n) is 6.42. The number of carboxylic acids is 1. The number of nitrogens with zero attached hydrogens (tertiary/aromatic N) is 3. The van der Waals surface area contributed by atoms with Crippen LogP contribution in [0.5, 0.6) is 6.01 Å². The quantitative estimate of drug-likeness (QED) is 0.524. The summed E-state index contributed by atoms with van der Waals surface area (Å²) in [5, 5.41) is 12.5. The third-order valence-corrected chi connectivity index (χ3v) is 4.21. The van der Waals surface area contributed by atoms with Crippen LogP contribution in [-0.2, 0) is 13.0 Å². The lowest BCUT2D eigenvalue weighted by atomic mass is 10.1. The first kappa shape index (κ1) is 22.3. The first-order valence-corrected chi connectivity index (χ1v) is 9.31. The van der Waals surface area contributed by atoms with E-state index in [-0.39, 0.29) is 23.8 Å². The van der Waals surface area contributed by atoms with Crippen LogP contribution in [0.4, 0.5) is 19.1 Å². The van der Waals surface area contributed by atoms with Crippen LogP contribution >= 0.6 is 11.6 Å². The van der Waals surface area contributed by atoms with Crippen LogP contribution in [0.3, 0.4) is 0 Å². The summed E-state index contributed by atoms with van der Waals surface area (Å²) in [6.45, 7) is -1.24. The number of carboxylic acid groups (broad SMARTS) is 1. The lowest BCUT2D eigenvalue weighted by Crippen LogP contribution is -2.21. The first-order chi connectivity index (χ1) is 14.7. The van der Waals surface area contributed by atoms with Crippen LogP contribution in [-0.4, -0.2) is 38.8 Å². The van der Waals surface area contributed by atoms with Crippen molar-refractivity contribution >= 4 is 23.5 Å². The summed E-state index contributed by atoms with van der Waals surface area (Å²) in [5.74, 6) is -0.864. The summed E-state index contributed by atoms with van der Waals surface area (Å²) < 4.78 is 42.3. The highest BCUT2D eigenvalue weighted by atomic mass is 35.5. The lowest BCUT2D eigenvalue weighted by Gasteiger charge is -2.11. The molecule has 0 fully saturated rings. The summed E-state index contributed by atoms with van der Waals surface area (Å²) in [4.78, 5) is 23.0. The van der Waals surface area contributed by atoms with Gasteiger partial charge in [0.15, 0.2) is 6.61 Å². The Morgan fingerprint density at radius 3 is 2.26 bits per heavy atom. The largest absolute Gasteiger partial charge is 0.478 e. The van der Waals surface area contributed by atoms with Gasteiger partial charge in [0, 0.05) is 18.0 Å². The predicted octanol–water partition coefficient (Wildman–Crippen LogP) is 4.37. The molecule has 0 spiro atoms. The highest BCUT2D eigenvalue weighted by Crippen LogP contribution is 2.18. The van der Waals surface area contributed by atoms with Gasteiger partial charge >= 0.3 is 18.2 Å². The highest BCUT2D eigenvalue weighted by Gasteiger charge is 2.29. The van der Waals surface area contributed by atoms with E-state index in [0.717, 1.165) is 5.56 Å². The average molecular weight is 453 g/mol. The van der Waals surface area contributed by atoms with Gasteiger partial charge in [0.05, 0.1) is 5.56 Å². The molecule has 2 N–H and O–H groups in total. The number of hydrogen-bond acceptors (Lipinski definition) is 6. The van der Waals surface area contributed by atoms with Crippen LogP contribution in [0.25, 0.3) is 0 Å². The lowest BCUT2D eigenvalue weighted by molar-refractivity contribution is -0.154. The van der Waals surface area contributed by atoms with Crippen LogP contribution < -0.4 is 10.1 Å². The van der Waals surface area contributed by atoms with Gasteiger partial charge in [-0.1, -0.05) is 35.9 Å². The van der Waals surface area contributed by atoms with E-state index in [9.17, 15) is 18.0 Å². The molecule has 0 atom stereocenters. The van der Waals surface area contributed by atoms with Crippen molar-refractivity contribution < 1.29 is 27.8 Å². The van der Waals surface area contributed by atoms with E-state index in [0.29, 0.717) is 17.1 Å². The Morgan fingerprint density at radius 2 is 1.65 bits per heavy atom. The molecule has 162 valence electrons. The maximum atomic E-state index is 12.5. The van der Waals surface area contributed by atoms with Crippen LogP contribution in [0.1, 0.15) is 27.3 Å². The normalized spacial score (nSPS) is 11.2. The zero-order valence-corrected chi connectivity index (χ0v) is 16.6. The molecule has 11 heteroatoms. The van der Waals surface area contributed by atoms with Crippen molar-refractivity contribution in [2.45, 2.75) is 19.1 Å². The Morgan fingerprint density at radius 1 is 1.00 bits per heavy atom. The smallest absolute Gasteiger partial charge is 0.422 e. The fourth-order valence-corrected chi connectivity index (χ4v) is 2.62. The molecular formula is C20H16ClF3N4O3. The van der Waals surface area contributed by atoms with Gasteiger partial charge in [0.2, 0.25) is 5.95 Å². The SMILES string of the molecule is O=C(O)c1ccc(Cc2nc(NCc3ccc(Cl)cc3)nc(OCC(F)(F)F)n2)cc1. The van der Waals surface area contributed by atoms with E-state index in [1.807, 2.05) is 0 Å². The Kier molecular flexibility index (Phi) is 6.91. The minimum Gasteiger partial charge on any atom is -0.478 e. The standard InChI is InChI=1S/C20H16ClF3N4O3/c21-15-7-3-13(4-8-15)10-25-18-26-16(27-19(28-18)31-11-20(22,23)24)9-12-1-5-14(6-2-12)17(29)30/h1-8H,9-11H2,(H,29,30)(H,25,26,27,28). The van der Waals surface area contributed by atoms with Gasteiger partial charge in [-0.2, -0.15) is 28.1 Å². The maximum Gasteiger partial charge on any atom is 0.422 e. The van der Waals surface area contributed by atoms with Gasteiger partial charge < -0.3 is 15.2 Å². The number of benzene rings is 2. The molecule has 0 unspecified atom stereocenters. The molecule has 0 saturated carbocycles. The summed E-state index contributed by atoms with van der Waals surface area (Å²) in [6.07, 6.45) is -4.41. The molecule has 31 heavy (non-hydrogen) atoms. The van der Waals surface area contributed by atoms with Gasteiger partial charge in [-0.25, -0.2) is 4.79 Å². The fraction of sp³-hybridized carbons (Fsp3) is 0.200. The van der Waals surface area contributed by atoms with E-state index >= 15 is 0 Å². The number of nitrogens with one attached hydrogen (secondary N) is 1. The zero-order chi connectivity index (χ0) is 22.4. The third-order valence-electron chi connectivity index (χ3n) is 3.95. The number of aromatic nitrogens is 3. The van der Waals surface area contributed by atoms with Crippen molar-refractivity contribution in [1.82, 2.24) is 15.0 Å². The molecule has 2 aromatic carbocycles. The second kappa shape index (κ2) is 9.61. The molecule has 0 radical (unpaired) electrons. The summed E-state index contributed by atoms with van der Waals surface area (Å²) in [7, 11) is 0. The minimum absolute atomic E-state index is 0.0410. The molecule has 0 saturated heterocycles. The van der Waals surface area contributed by atoms with Gasteiger partial charge in [-0.3, -0.25) is 0 Å². The van der Waals surface area contributed by atoms with Crippen molar-refractivity contribution in [3.05, 3.63) is 76.1 Å². The maximum absolute atomic E-state index is 12.5. The molecule has 3 aromatic rings. The third kappa shape index (κ3) is 7.10. The number of hydrogen-bond donors (Lipinski definition) is 2. The minimum atomic E-state index is -4.55. The summed E-state index contributed by atoms with van der Waals surface area (Å²) >= 11 is 5.85. The van der Waals surface area contributed by atoms with Crippen LogP contribution in [0.15, 0.2) is 48.5 Å². The van der Waals surface area contributed by atoms with Gasteiger partial charge in [0.25, 0.3) is 0 Å². The van der Waals surface area contributed by atoms with Gasteiger partial charge in [-0.05, 0) is 35.4 Å². The molecule has 0 amide bonds. The molecule has 0 aliphatic carbocycles. The number of anilines is 1. The Balaban J connectivity index is 1.79. The number of halogens is 4.